The van der Waals surface area contributed by atoms with Crippen LogP contribution in [0.25, 0.3) is 0 Å². The monoisotopic (exact) mass is 302 g/mol. The van der Waals surface area contributed by atoms with Gasteiger partial charge in [0, 0.05) is 18.4 Å². The minimum atomic E-state index is -3.40. The molecule has 1 aliphatic rings. The van der Waals surface area contributed by atoms with E-state index in [1.165, 1.54) is 0 Å². The maximum absolute atomic E-state index is 12.7. The molecule has 0 heterocycles. The Bertz CT molecular complexity index is 720. The molecule has 2 aromatic carbocycles. The van der Waals surface area contributed by atoms with Gasteiger partial charge in [0.25, 0.3) is 0 Å². The van der Waals surface area contributed by atoms with Crippen LogP contribution < -0.4 is 0 Å². The quantitative estimate of drug-likeness (QED) is 0.944. The zero-order chi connectivity index (χ0) is 15.0. The van der Waals surface area contributed by atoms with Crippen LogP contribution in [-0.2, 0) is 9.84 Å². The van der Waals surface area contributed by atoms with E-state index in [0.29, 0.717) is 4.90 Å². The fourth-order valence-corrected chi connectivity index (χ4v) is 5.18. The van der Waals surface area contributed by atoms with Crippen molar-refractivity contribution in [3.05, 3.63) is 65.7 Å². The Labute approximate surface area is 125 Å². The standard InChI is InChI=1S/C17H18O3S/c1-12-7-9-14(10-8-12)21(19,20)17-15(11-18)16(17)13-5-3-2-4-6-13/h2-10,15-18H,11H2,1H3/t15-,16+,17+/m0/s1. The number of aryl methyl sites for hydroxylation is 1. The van der Waals surface area contributed by atoms with Crippen molar-refractivity contribution in [2.75, 3.05) is 6.61 Å². The Kier molecular flexibility index (Phi) is 3.59. The van der Waals surface area contributed by atoms with Crippen LogP contribution in [0.1, 0.15) is 17.0 Å². The van der Waals surface area contributed by atoms with Crippen molar-refractivity contribution in [1.29, 1.82) is 0 Å². The molecule has 110 valence electrons. The number of aliphatic hydroxyl groups excluding tert-OH is 1. The van der Waals surface area contributed by atoms with E-state index in [1.54, 1.807) is 24.3 Å². The van der Waals surface area contributed by atoms with Gasteiger partial charge in [0.15, 0.2) is 9.84 Å². The second-order valence-corrected chi connectivity index (χ2v) is 7.71. The van der Waals surface area contributed by atoms with Gasteiger partial charge < -0.3 is 5.11 Å². The number of aliphatic hydroxyl groups is 1. The van der Waals surface area contributed by atoms with E-state index in [-0.39, 0.29) is 18.4 Å². The number of rotatable bonds is 4. The second-order valence-electron chi connectivity index (χ2n) is 5.61. The van der Waals surface area contributed by atoms with Crippen molar-refractivity contribution >= 4 is 9.84 Å². The molecule has 3 rings (SSSR count). The van der Waals surface area contributed by atoms with Gasteiger partial charge in [0.05, 0.1) is 10.1 Å². The average molecular weight is 302 g/mol. The van der Waals surface area contributed by atoms with Crippen LogP contribution in [0.4, 0.5) is 0 Å². The van der Waals surface area contributed by atoms with Gasteiger partial charge in [-0.15, -0.1) is 0 Å². The lowest BCUT2D eigenvalue weighted by atomic mass is 10.1. The zero-order valence-corrected chi connectivity index (χ0v) is 12.6. The Hall–Kier alpha value is -1.65. The maximum atomic E-state index is 12.7. The highest BCUT2D eigenvalue weighted by atomic mass is 32.2. The molecule has 0 spiro atoms. The normalized spacial score (nSPS) is 24.8. The van der Waals surface area contributed by atoms with Crippen molar-refractivity contribution in [2.45, 2.75) is 23.0 Å². The first-order valence-corrected chi connectivity index (χ1v) is 8.56. The summed E-state index contributed by atoms with van der Waals surface area (Å²) in [5.41, 5.74) is 2.01. The highest BCUT2D eigenvalue weighted by Gasteiger charge is 2.58. The summed E-state index contributed by atoms with van der Waals surface area (Å²) in [7, 11) is -3.40. The van der Waals surface area contributed by atoms with Crippen LogP contribution in [0, 0.1) is 12.8 Å². The van der Waals surface area contributed by atoms with Crippen LogP contribution in [0.5, 0.6) is 0 Å². The molecule has 1 N–H and O–H groups in total. The summed E-state index contributed by atoms with van der Waals surface area (Å²) in [5, 5.41) is 8.98. The summed E-state index contributed by atoms with van der Waals surface area (Å²) in [5.74, 6) is -0.318. The molecule has 0 saturated heterocycles. The van der Waals surface area contributed by atoms with Gasteiger partial charge in [-0.1, -0.05) is 48.0 Å². The highest BCUT2D eigenvalue weighted by molar-refractivity contribution is 7.92. The molecule has 1 fully saturated rings. The third-order valence-corrected chi connectivity index (χ3v) is 6.49. The molecule has 1 saturated carbocycles. The lowest BCUT2D eigenvalue weighted by Crippen LogP contribution is -2.11. The average Bonchev–Trinajstić information content (AvgIpc) is 3.24. The van der Waals surface area contributed by atoms with Crippen LogP contribution in [0.3, 0.4) is 0 Å². The van der Waals surface area contributed by atoms with Crippen LogP contribution >= 0.6 is 0 Å². The summed E-state index contributed by atoms with van der Waals surface area (Å²) in [4.78, 5) is 0.343. The van der Waals surface area contributed by atoms with Gasteiger partial charge in [0.2, 0.25) is 0 Å². The van der Waals surface area contributed by atoms with Gasteiger partial charge in [-0.2, -0.15) is 0 Å². The van der Waals surface area contributed by atoms with Crippen LogP contribution in [0.2, 0.25) is 0 Å². The van der Waals surface area contributed by atoms with E-state index < -0.39 is 15.1 Å². The molecular weight excluding hydrogens is 284 g/mol. The second kappa shape index (κ2) is 5.28. The number of hydrogen-bond donors (Lipinski definition) is 1. The molecule has 3 nitrogen and oxygen atoms in total. The van der Waals surface area contributed by atoms with Crippen LogP contribution in [0.15, 0.2) is 59.5 Å². The molecule has 0 amide bonds. The molecule has 0 aromatic heterocycles. The molecule has 21 heavy (non-hydrogen) atoms. The SMILES string of the molecule is Cc1ccc(S(=O)(=O)[C@@H]2[C@@H](CO)[C@H]2c2ccccc2)cc1. The molecule has 0 unspecified atom stereocenters. The van der Waals surface area contributed by atoms with Crippen LogP contribution in [-0.4, -0.2) is 25.4 Å². The van der Waals surface area contributed by atoms with Crippen molar-refractivity contribution < 1.29 is 13.5 Å². The fourth-order valence-electron chi connectivity index (χ4n) is 2.98. The summed E-state index contributed by atoms with van der Waals surface area (Å²) in [6.07, 6.45) is 0. The summed E-state index contributed by atoms with van der Waals surface area (Å²) in [6, 6.07) is 16.5. The van der Waals surface area contributed by atoms with Gasteiger partial charge >= 0.3 is 0 Å². The molecule has 0 bridgehead atoms. The Balaban J connectivity index is 1.94. The molecule has 0 radical (unpaired) electrons. The lowest BCUT2D eigenvalue weighted by Gasteiger charge is -2.05. The topological polar surface area (TPSA) is 54.4 Å². The molecule has 4 heteroatoms. The molecule has 2 aromatic rings. The fraction of sp³-hybridized carbons (Fsp3) is 0.294. The largest absolute Gasteiger partial charge is 0.396 e. The molecule has 1 aliphatic carbocycles. The van der Waals surface area contributed by atoms with Gasteiger partial charge in [-0.3, -0.25) is 0 Å². The maximum Gasteiger partial charge on any atom is 0.182 e. The molecule has 3 atom stereocenters. The predicted octanol–water partition coefficient (Wildman–Crippen LogP) is 2.54. The number of benzene rings is 2. The van der Waals surface area contributed by atoms with Crippen molar-refractivity contribution in [3.63, 3.8) is 0 Å². The first-order chi connectivity index (χ1) is 10.1. The molecule has 0 aliphatic heterocycles. The van der Waals surface area contributed by atoms with Crippen molar-refractivity contribution in [1.82, 2.24) is 0 Å². The van der Waals surface area contributed by atoms with E-state index in [4.69, 9.17) is 0 Å². The van der Waals surface area contributed by atoms with E-state index in [2.05, 4.69) is 0 Å². The lowest BCUT2D eigenvalue weighted by molar-refractivity contribution is 0.274. The third-order valence-electron chi connectivity index (χ3n) is 4.20. The minimum absolute atomic E-state index is 0.102. The summed E-state index contributed by atoms with van der Waals surface area (Å²) in [6.45, 7) is 1.83. The first-order valence-electron chi connectivity index (χ1n) is 7.02. The summed E-state index contributed by atoms with van der Waals surface area (Å²) < 4.78 is 25.5. The Morgan fingerprint density at radius 2 is 1.62 bits per heavy atom. The van der Waals surface area contributed by atoms with E-state index in [0.717, 1.165) is 11.1 Å². The number of sulfone groups is 1. The number of hydrogen-bond acceptors (Lipinski definition) is 3. The van der Waals surface area contributed by atoms with Gasteiger partial charge in [0.1, 0.15) is 0 Å². The van der Waals surface area contributed by atoms with Crippen molar-refractivity contribution in [2.24, 2.45) is 5.92 Å². The smallest absolute Gasteiger partial charge is 0.182 e. The Morgan fingerprint density at radius 3 is 2.19 bits per heavy atom. The third kappa shape index (κ3) is 2.49. The van der Waals surface area contributed by atoms with E-state index in [9.17, 15) is 13.5 Å². The minimum Gasteiger partial charge on any atom is -0.396 e. The van der Waals surface area contributed by atoms with E-state index in [1.807, 2.05) is 37.3 Å². The van der Waals surface area contributed by atoms with E-state index >= 15 is 0 Å². The predicted molar refractivity (Wildman–Crippen MR) is 81.9 cm³/mol. The highest BCUT2D eigenvalue weighted by Crippen LogP contribution is 2.53. The Morgan fingerprint density at radius 1 is 1.00 bits per heavy atom. The van der Waals surface area contributed by atoms with Gasteiger partial charge in [-0.25, -0.2) is 8.42 Å². The van der Waals surface area contributed by atoms with Gasteiger partial charge in [-0.05, 0) is 24.6 Å². The molecular formula is C17H18O3S. The zero-order valence-electron chi connectivity index (χ0n) is 11.8. The first kappa shape index (κ1) is 14.3. The van der Waals surface area contributed by atoms with Crippen molar-refractivity contribution in [3.8, 4) is 0 Å². The summed E-state index contributed by atoms with van der Waals surface area (Å²) >= 11 is 0.